The molecular formula is C42H24N4OS. The summed E-state index contributed by atoms with van der Waals surface area (Å²) in [6.07, 6.45) is 0. The van der Waals surface area contributed by atoms with Gasteiger partial charge in [-0.3, -0.25) is 0 Å². The fraction of sp³-hybridized carbons (Fsp3) is 0. The van der Waals surface area contributed by atoms with Crippen molar-refractivity contribution >= 4 is 64.5 Å². The lowest BCUT2D eigenvalue weighted by Gasteiger charge is -2.11. The Hall–Kier alpha value is -6.24. The Kier molecular flexibility index (Phi) is 5.98. The first-order chi connectivity index (χ1) is 23.8. The Morgan fingerprint density at radius 2 is 1.15 bits per heavy atom. The smallest absolute Gasteiger partial charge is 0.165 e. The zero-order valence-electron chi connectivity index (χ0n) is 25.5. The summed E-state index contributed by atoms with van der Waals surface area (Å²) in [5.41, 5.74) is 7.96. The summed E-state index contributed by atoms with van der Waals surface area (Å²) in [5.74, 6) is 1.81. The zero-order valence-corrected chi connectivity index (χ0v) is 26.3. The third-order valence-electron chi connectivity index (χ3n) is 8.93. The maximum absolute atomic E-state index is 6.70. The molecule has 0 aliphatic carbocycles. The van der Waals surface area contributed by atoms with Crippen molar-refractivity contribution in [3.05, 3.63) is 146 Å². The van der Waals surface area contributed by atoms with E-state index >= 15 is 0 Å². The molecule has 0 saturated heterocycles. The molecule has 0 N–H and O–H groups in total. The van der Waals surface area contributed by atoms with Crippen molar-refractivity contribution in [1.82, 2.24) is 19.9 Å². The van der Waals surface area contributed by atoms with Crippen LogP contribution in [0.15, 0.2) is 150 Å². The van der Waals surface area contributed by atoms with Crippen molar-refractivity contribution < 1.29 is 4.42 Å². The van der Waals surface area contributed by atoms with E-state index in [1.807, 2.05) is 66.7 Å². The number of thiophene rings is 1. The van der Waals surface area contributed by atoms with Gasteiger partial charge in [0.15, 0.2) is 23.1 Å². The molecule has 0 spiro atoms. The van der Waals surface area contributed by atoms with Crippen molar-refractivity contribution in [2.24, 2.45) is 0 Å². The molecular weight excluding hydrogens is 609 g/mol. The summed E-state index contributed by atoms with van der Waals surface area (Å²) < 4.78 is 9.09. The SMILES string of the molecule is c1ccc(-c2nc(-c3cccc4c3sc3ccccc34)nc(-c3ccc(-c4ccccc4)c4oc5cc6ccccc6nc5c34)n2)cc1. The van der Waals surface area contributed by atoms with E-state index < -0.39 is 0 Å². The van der Waals surface area contributed by atoms with Gasteiger partial charge in [-0.1, -0.05) is 109 Å². The molecule has 0 aliphatic rings. The third kappa shape index (κ3) is 4.24. The maximum atomic E-state index is 6.70. The number of hydrogen-bond donors (Lipinski definition) is 0. The van der Waals surface area contributed by atoms with Crippen LogP contribution in [0.3, 0.4) is 0 Å². The van der Waals surface area contributed by atoms with Crippen molar-refractivity contribution in [3.8, 4) is 45.3 Å². The molecule has 6 heteroatoms. The first-order valence-electron chi connectivity index (χ1n) is 15.8. The minimum absolute atomic E-state index is 0.569. The van der Waals surface area contributed by atoms with Crippen LogP contribution < -0.4 is 0 Å². The van der Waals surface area contributed by atoms with Crippen LogP contribution >= 0.6 is 11.3 Å². The number of hydrogen-bond acceptors (Lipinski definition) is 6. The fourth-order valence-corrected chi connectivity index (χ4v) is 7.89. The summed E-state index contributed by atoms with van der Waals surface area (Å²) in [7, 11) is 0. The molecule has 224 valence electrons. The Labute approximate surface area is 278 Å². The first kappa shape index (κ1) is 26.9. The molecule has 0 amide bonds. The van der Waals surface area contributed by atoms with E-state index in [-0.39, 0.29) is 0 Å². The van der Waals surface area contributed by atoms with Crippen LogP contribution in [0, 0.1) is 0 Å². The van der Waals surface area contributed by atoms with E-state index in [9.17, 15) is 0 Å². The van der Waals surface area contributed by atoms with Crippen LogP contribution in [0.2, 0.25) is 0 Å². The van der Waals surface area contributed by atoms with Crippen molar-refractivity contribution in [1.29, 1.82) is 0 Å². The van der Waals surface area contributed by atoms with Crippen LogP contribution in [0.5, 0.6) is 0 Å². The quantitative estimate of drug-likeness (QED) is 0.193. The van der Waals surface area contributed by atoms with Gasteiger partial charge >= 0.3 is 0 Å². The van der Waals surface area contributed by atoms with Gasteiger partial charge in [-0.2, -0.15) is 0 Å². The van der Waals surface area contributed by atoms with Gasteiger partial charge in [0.05, 0.1) is 10.9 Å². The highest BCUT2D eigenvalue weighted by molar-refractivity contribution is 7.26. The van der Waals surface area contributed by atoms with Gasteiger partial charge in [-0.25, -0.2) is 19.9 Å². The zero-order chi connectivity index (χ0) is 31.6. The molecule has 10 aromatic rings. The van der Waals surface area contributed by atoms with E-state index in [1.165, 1.54) is 15.5 Å². The highest BCUT2D eigenvalue weighted by Gasteiger charge is 2.22. The summed E-state index contributed by atoms with van der Waals surface area (Å²) in [4.78, 5) is 20.6. The minimum atomic E-state index is 0.569. The van der Waals surface area contributed by atoms with Crippen LogP contribution in [-0.2, 0) is 0 Å². The molecule has 0 fully saturated rings. The summed E-state index contributed by atoms with van der Waals surface area (Å²) >= 11 is 1.77. The maximum Gasteiger partial charge on any atom is 0.165 e. The summed E-state index contributed by atoms with van der Waals surface area (Å²) in [5, 5.41) is 4.34. The summed E-state index contributed by atoms with van der Waals surface area (Å²) in [6.45, 7) is 0. The molecule has 10 rings (SSSR count). The monoisotopic (exact) mass is 632 g/mol. The molecule has 0 saturated carbocycles. The van der Waals surface area contributed by atoms with Crippen molar-refractivity contribution in [2.75, 3.05) is 0 Å². The molecule has 0 aliphatic heterocycles. The van der Waals surface area contributed by atoms with Crippen molar-refractivity contribution in [3.63, 3.8) is 0 Å². The molecule has 5 nitrogen and oxygen atoms in total. The number of fused-ring (bicyclic) bond motifs is 7. The molecule has 0 atom stereocenters. The predicted octanol–water partition coefficient (Wildman–Crippen LogP) is 11.4. The topological polar surface area (TPSA) is 64.7 Å². The van der Waals surface area contributed by atoms with Gasteiger partial charge in [-0.15, -0.1) is 11.3 Å². The van der Waals surface area contributed by atoms with Gasteiger partial charge in [-0.05, 0) is 42.0 Å². The fourth-order valence-electron chi connectivity index (χ4n) is 6.67. The predicted molar refractivity (Wildman–Crippen MR) is 197 cm³/mol. The average molecular weight is 633 g/mol. The van der Waals surface area contributed by atoms with E-state index in [0.29, 0.717) is 17.5 Å². The number of rotatable bonds is 4. The van der Waals surface area contributed by atoms with Crippen molar-refractivity contribution in [2.45, 2.75) is 0 Å². The lowest BCUT2D eigenvalue weighted by atomic mass is 9.99. The number of pyridine rings is 1. The largest absolute Gasteiger partial charge is 0.454 e. The number of aromatic nitrogens is 4. The lowest BCUT2D eigenvalue weighted by Crippen LogP contribution is -2.00. The third-order valence-corrected chi connectivity index (χ3v) is 10.2. The Morgan fingerprint density at radius 1 is 0.479 bits per heavy atom. The molecule has 0 radical (unpaired) electrons. The Bertz CT molecular complexity index is 2840. The van der Waals surface area contributed by atoms with Crippen LogP contribution in [0.4, 0.5) is 0 Å². The van der Waals surface area contributed by atoms with E-state index in [1.54, 1.807) is 11.3 Å². The number of para-hydroxylation sites is 1. The van der Waals surface area contributed by atoms with Gasteiger partial charge < -0.3 is 4.42 Å². The molecule has 0 unspecified atom stereocenters. The second-order valence-corrected chi connectivity index (χ2v) is 12.9. The highest BCUT2D eigenvalue weighted by Crippen LogP contribution is 2.43. The molecule has 4 aromatic heterocycles. The highest BCUT2D eigenvalue weighted by atomic mass is 32.1. The Balaban J connectivity index is 1.29. The van der Waals surface area contributed by atoms with Crippen LogP contribution in [0.25, 0.3) is 98.4 Å². The van der Waals surface area contributed by atoms with E-state index in [4.69, 9.17) is 24.4 Å². The average Bonchev–Trinajstić information content (AvgIpc) is 3.72. The van der Waals surface area contributed by atoms with Gasteiger partial charge in [0.25, 0.3) is 0 Å². The Morgan fingerprint density at radius 3 is 2.00 bits per heavy atom. The second kappa shape index (κ2) is 10.7. The molecule has 48 heavy (non-hydrogen) atoms. The normalized spacial score (nSPS) is 11.8. The number of furan rings is 1. The van der Waals surface area contributed by atoms with Crippen LogP contribution in [-0.4, -0.2) is 19.9 Å². The van der Waals surface area contributed by atoms with Crippen LogP contribution in [0.1, 0.15) is 0 Å². The van der Waals surface area contributed by atoms with Gasteiger partial charge in [0.1, 0.15) is 11.1 Å². The van der Waals surface area contributed by atoms with E-state index in [2.05, 4.69) is 78.9 Å². The first-order valence-corrected chi connectivity index (χ1v) is 16.6. The van der Waals surface area contributed by atoms with E-state index in [0.717, 1.165) is 65.5 Å². The molecule has 0 bridgehead atoms. The minimum Gasteiger partial charge on any atom is -0.454 e. The number of nitrogens with zero attached hydrogens (tertiary/aromatic N) is 4. The molecule has 6 aromatic carbocycles. The molecule has 4 heterocycles. The summed E-state index contributed by atoms with van der Waals surface area (Å²) in [6, 6.07) is 49.7. The van der Waals surface area contributed by atoms with Gasteiger partial charge in [0, 0.05) is 47.8 Å². The number of benzene rings is 6. The second-order valence-electron chi connectivity index (χ2n) is 11.8. The standard InChI is InChI=1S/C42H24N4OS/c1-3-12-25(13-4-1)28-22-23-31(36-37-34(47-38(28)36)24-27-16-7-9-20-33(27)43-37)41-44-40(26-14-5-2-6-15-26)45-42(46-41)32-19-11-18-30-29-17-8-10-21-35(29)48-39(30)32/h1-24H. The van der Waals surface area contributed by atoms with Gasteiger partial charge in [0.2, 0.25) is 0 Å². The lowest BCUT2D eigenvalue weighted by molar-refractivity contribution is 0.670.